The van der Waals surface area contributed by atoms with Crippen LogP contribution in [0.5, 0.6) is 11.5 Å². The van der Waals surface area contributed by atoms with E-state index in [0.717, 1.165) is 25.9 Å². The van der Waals surface area contributed by atoms with Gasteiger partial charge in [-0.05, 0) is 25.5 Å². The van der Waals surface area contributed by atoms with Crippen LogP contribution < -0.4 is 14.8 Å². The number of piperidine rings is 1. The summed E-state index contributed by atoms with van der Waals surface area (Å²) in [6, 6.07) is 4.38. The normalized spacial score (nSPS) is 19.3. The van der Waals surface area contributed by atoms with E-state index in [-0.39, 0.29) is 11.8 Å². The molecule has 0 radical (unpaired) electrons. The SMILES string of the molecule is COc1ccc([N+](=O)[O-])cc1O[C@@H]1CCCNC1. The molecule has 0 bridgehead atoms. The van der Waals surface area contributed by atoms with Gasteiger partial charge in [0.1, 0.15) is 6.10 Å². The number of nitro groups is 1. The van der Waals surface area contributed by atoms with Gasteiger partial charge in [0.15, 0.2) is 11.5 Å². The number of nitro benzene ring substituents is 1. The highest BCUT2D eigenvalue weighted by molar-refractivity contribution is 5.48. The van der Waals surface area contributed by atoms with Crippen LogP contribution >= 0.6 is 0 Å². The Kier molecular flexibility index (Phi) is 3.99. The predicted molar refractivity (Wildman–Crippen MR) is 66.2 cm³/mol. The van der Waals surface area contributed by atoms with Crippen molar-refractivity contribution >= 4 is 5.69 Å². The lowest BCUT2D eigenvalue weighted by atomic mass is 10.1. The average Bonchev–Trinajstić information content (AvgIpc) is 2.39. The highest BCUT2D eigenvalue weighted by Crippen LogP contribution is 2.32. The molecule has 1 saturated heterocycles. The van der Waals surface area contributed by atoms with Gasteiger partial charge in [-0.25, -0.2) is 0 Å². The summed E-state index contributed by atoms with van der Waals surface area (Å²) in [7, 11) is 1.52. The quantitative estimate of drug-likeness (QED) is 0.652. The first-order valence-corrected chi connectivity index (χ1v) is 5.90. The van der Waals surface area contributed by atoms with Crippen LogP contribution in [0.15, 0.2) is 18.2 Å². The molecule has 0 aromatic heterocycles. The van der Waals surface area contributed by atoms with E-state index in [2.05, 4.69) is 5.32 Å². The summed E-state index contributed by atoms with van der Waals surface area (Å²) in [5.41, 5.74) is 0.00886. The molecule has 1 aliphatic rings. The zero-order chi connectivity index (χ0) is 13.0. The van der Waals surface area contributed by atoms with Gasteiger partial charge in [-0.3, -0.25) is 10.1 Å². The molecular formula is C12H16N2O4. The Morgan fingerprint density at radius 3 is 2.89 bits per heavy atom. The van der Waals surface area contributed by atoms with Gasteiger partial charge in [0, 0.05) is 12.6 Å². The van der Waals surface area contributed by atoms with E-state index < -0.39 is 4.92 Å². The topological polar surface area (TPSA) is 73.6 Å². The van der Waals surface area contributed by atoms with Crippen molar-refractivity contribution in [1.82, 2.24) is 5.32 Å². The Morgan fingerprint density at radius 1 is 1.44 bits per heavy atom. The lowest BCUT2D eigenvalue weighted by Gasteiger charge is -2.24. The molecule has 1 aromatic rings. The van der Waals surface area contributed by atoms with Gasteiger partial charge in [0.05, 0.1) is 18.1 Å². The monoisotopic (exact) mass is 252 g/mol. The van der Waals surface area contributed by atoms with Crippen LogP contribution in [-0.2, 0) is 0 Å². The van der Waals surface area contributed by atoms with Crippen molar-refractivity contribution in [2.75, 3.05) is 20.2 Å². The fourth-order valence-corrected chi connectivity index (χ4v) is 1.97. The van der Waals surface area contributed by atoms with Crippen LogP contribution in [0.1, 0.15) is 12.8 Å². The first-order valence-electron chi connectivity index (χ1n) is 5.90. The molecule has 1 fully saturated rings. The molecule has 6 nitrogen and oxygen atoms in total. The third kappa shape index (κ3) is 2.89. The maximum atomic E-state index is 10.7. The second-order valence-corrected chi connectivity index (χ2v) is 4.18. The number of methoxy groups -OCH3 is 1. The Labute approximate surface area is 105 Å². The minimum absolute atomic E-state index is 0.00886. The molecule has 1 aliphatic heterocycles. The van der Waals surface area contributed by atoms with Gasteiger partial charge in [-0.15, -0.1) is 0 Å². The Hall–Kier alpha value is -1.82. The molecule has 0 amide bonds. The van der Waals surface area contributed by atoms with E-state index in [9.17, 15) is 10.1 Å². The molecule has 0 spiro atoms. The molecule has 18 heavy (non-hydrogen) atoms. The smallest absolute Gasteiger partial charge is 0.273 e. The third-order valence-corrected chi connectivity index (χ3v) is 2.90. The van der Waals surface area contributed by atoms with Crippen LogP contribution in [0.25, 0.3) is 0 Å². The van der Waals surface area contributed by atoms with Gasteiger partial charge >= 0.3 is 0 Å². The molecule has 1 heterocycles. The molecule has 1 atom stereocenters. The van der Waals surface area contributed by atoms with Crippen molar-refractivity contribution in [2.24, 2.45) is 0 Å². The molecule has 0 unspecified atom stereocenters. The van der Waals surface area contributed by atoms with E-state index in [1.54, 1.807) is 6.07 Å². The second kappa shape index (κ2) is 5.68. The number of non-ortho nitro benzene ring substituents is 1. The Bertz CT molecular complexity index is 430. The Morgan fingerprint density at radius 2 is 2.28 bits per heavy atom. The zero-order valence-electron chi connectivity index (χ0n) is 10.2. The summed E-state index contributed by atoms with van der Waals surface area (Å²) in [5, 5.41) is 14.0. The van der Waals surface area contributed by atoms with Gasteiger partial charge in [-0.2, -0.15) is 0 Å². The average molecular weight is 252 g/mol. The minimum Gasteiger partial charge on any atom is -0.493 e. The second-order valence-electron chi connectivity index (χ2n) is 4.18. The summed E-state index contributed by atoms with van der Waals surface area (Å²) in [6.45, 7) is 1.75. The number of ether oxygens (including phenoxy) is 2. The highest BCUT2D eigenvalue weighted by atomic mass is 16.6. The molecule has 2 rings (SSSR count). The molecule has 1 N–H and O–H groups in total. The number of nitrogens with zero attached hydrogens (tertiary/aromatic N) is 1. The van der Waals surface area contributed by atoms with Crippen molar-refractivity contribution < 1.29 is 14.4 Å². The number of hydrogen-bond donors (Lipinski definition) is 1. The highest BCUT2D eigenvalue weighted by Gasteiger charge is 2.18. The van der Waals surface area contributed by atoms with Crippen LogP contribution in [0.2, 0.25) is 0 Å². The summed E-state index contributed by atoms with van der Waals surface area (Å²) in [4.78, 5) is 10.3. The fourth-order valence-electron chi connectivity index (χ4n) is 1.97. The van der Waals surface area contributed by atoms with Crippen molar-refractivity contribution in [3.63, 3.8) is 0 Å². The van der Waals surface area contributed by atoms with Crippen molar-refractivity contribution in [2.45, 2.75) is 18.9 Å². The van der Waals surface area contributed by atoms with E-state index in [1.807, 2.05) is 0 Å². The van der Waals surface area contributed by atoms with E-state index in [4.69, 9.17) is 9.47 Å². The molecule has 0 saturated carbocycles. The molecule has 0 aliphatic carbocycles. The maximum absolute atomic E-state index is 10.7. The first kappa shape index (κ1) is 12.6. The minimum atomic E-state index is -0.439. The number of benzene rings is 1. The predicted octanol–water partition coefficient (Wildman–Crippen LogP) is 1.73. The summed E-state index contributed by atoms with van der Waals surface area (Å²) in [5.74, 6) is 0.951. The number of hydrogen-bond acceptors (Lipinski definition) is 5. The molecule has 98 valence electrons. The maximum Gasteiger partial charge on any atom is 0.273 e. The van der Waals surface area contributed by atoms with Crippen LogP contribution in [0.3, 0.4) is 0 Å². The summed E-state index contributed by atoms with van der Waals surface area (Å²) >= 11 is 0. The fraction of sp³-hybridized carbons (Fsp3) is 0.500. The van der Waals surface area contributed by atoms with Crippen LogP contribution in [0.4, 0.5) is 5.69 Å². The van der Waals surface area contributed by atoms with Crippen molar-refractivity contribution in [3.05, 3.63) is 28.3 Å². The standard InChI is InChI=1S/C12H16N2O4/c1-17-11-5-4-9(14(15)16)7-12(11)18-10-3-2-6-13-8-10/h4-5,7,10,13H,2-3,6,8H2,1H3/t10-/m1/s1. The van der Waals surface area contributed by atoms with E-state index >= 15 is 0 Å². The lowest BCUT2D eigenvalue weighted by molar-refractivity contribution is -0.385. The van der Waals surface area contributed by atoms with Gasteiger partial charge in [-0.1, -0.05) is 0 Å². The van der Waals surface area contributed by atoms with Gasteiger partial charge in [0.2, 0.25) is 0 Å². The largest absolute Gasteiger partial charge is 0.493 e. The van der Waals surface area contributed by atoms with Crippen LogP contribution in [-0.4, -0.2) is 31.2 Å². The van der Waals surface area contributed by atoms with Gasteiger partial charge < -0.3 is 14.8 Å². The van der Waals surface area contributed by atoms with Crippen molar-refractivity contribution in [1.29, 1.82) is 0 Å². The van der Waals surface area contributed by atoms with E-state index in [1.165, 1.54) is 19.2 Å². The van der Waals surface area contributed by atoms with E-state index in [0.29, 0.717) is 11.5 Å². The lowest BCUT2D eigenvalue weighted by Crippen LogP contribution is -2.37. The molecule has 6 heteroatoms. The zero-order valence-corrected chi connectivity index (χ0v) is 10.2. The number of nitrogens with one attached hydrogen (secondary N) is 1. The molecular weight excluding hydrogens is 236 g/mol. The summed E-state index contributed by atoms with van der Waals surface area (Å²) in [6.07, 6.45) is 2.02. The van der Waals surface area contributed by atoms with Crippen molar-refractivity contribution in [3.8, 4) is 11.5 Å². The number of rotatable bonds is 4. The Balaban J connectivity index is 2.17. The molecule has 1 aromatic carbocycles. The first-order chi connectivity index (χ1) is 8.70. The summed E-state index contributed by atoms with van der Waals surface area (Å²) < 4.78 is 10.9. The van der Waals surface area contributed by atoms with Crippen LogP contribution in [0, 0.1) is 10.1 Å². The van der Waals surface area contributed by atoms with Gasteiger partial charge in [0.25, 0.3) is 5.69 Å². The third-order valence-electron chi connectivity index (χ3n) is 2.90.